The summed E-state index contributed by atoms with van der Waals surface area (Å²) in [5, 5.41) is 32.2. The van der Waals surface area contributed by atoms with Gasteiger partial charge < -0.3 is 21.3 Å². The summed E-state index contributed by atoms with van der Waals surface area (Å²) in [5.41, 5.74) is 8.21. The molecule has 1 aromatic carbocycles. The van der Waals surface area contributed by atoms with Crippen LogP contribution in [0.3, 0.4) is 0 Å². The first-order valence-corrected chi connectivity index (χ1v) is 7.53. The molecule has 24 heavy (non-hydrogen) atoms. The van der Waals surface area contributed by atoms with Crippen LogP contribution in [0.15, 0.2) is 24.3 Å². The summed E-state index contributed by atoms with van der Waals surface area (Å²) in [7, 11) is 0. The van der Waals surface area contributed by atoms with Crippen LogP contribution in [0.5, 0.6) is 11.5 Å². The summed E-state index contributed by atoms with van der Waals surface area (Å²) in [5.74, 6) is 0.263. The Labute approximate surface area is 146 Å². The van der Waals surface area contributed by atoms with Gasteiger partial charge in [0.2, 0.25) is 0 Å². The van der Waals surface area contributed by atoms with E-state index in [0.29, 0.717) is 16.8 Å². The quantitative estimate of drug-likeness (QED) is 0.664. The lowest BCUT2D eigenvalue weighted by atomic mass is 9.88. The Bertz CT molecular complexity index is 783. The van der Waals surface area contributed by atoms with Crippen LogP contribution in [0.1, 0.15) is 29.9 Å². The topological polar surface area (TPSA) is 115 Å². The van der Waals surface area contributed by atoms with Crippen molar-refractivity contribution in [2.45, 2.75) is 18.8 Å². The molecule has 1 aromatic heterocycles. The number of pyridine rings is 1. The average Bonchev–Trinajstić information content (AvgIpc) is 2.55. The van der Waals surface area contributed by atoms with Crippen LogP contribution in [0.2, 0.25) is 0 Å². The Morgan fingerprint density at radius 2 is 2.08 bits per heavy atom. The highest BCUT2D eigenvalue weighted by molar-refractivity contribution is 5.85. The number of benzene rings is 1. The van der Waals surface area contributed by atoms with E-state index in [0.717, 1.165) is 31.5 Å². The van der Waals surface area contributed by atoms with E-state index in [2.05, 4.69) is 16.4 Å². The molecule has 0 radical (unpaired) electrons. The summed E-state index contributed by atoms with van der Waals surface area (Å²) in [4.78, 5) is 4.25. The van der Waals surface area contributed by atoms with Crippen molar-refractivity contribution in [3.05, 3.63) is 35.4 Å². The Morgan fingerprint density at radius 1 is 1.29 bits per heavy atom. The largest absolute Gasteiger partial charge is 0.508 e. The summed E-state index contributed by atoms with van der Waals surface area (Å²) in [6, 6.07) is 8.28. The molecule has 5 N–H and O–H groups in total. The summed E-state index contributed by atoms with van der Waals surface area (Å²) in [6.45, 7) is 1.77. The Morgan fingerprint density at radius 3 is 2.71 bits per heavy atom. The molecule has 1 atom stereocenters. The van der Waals surface area contributed by atoms with Gasteiger partial charge in [-0.05, 0) is 49.1 Å². The van der Waals surface area contributed by atoms with Crippen molar-refractivity contribution in [3.8, 4) is 28.8 Å². The van der Waals surface area contributed by atoms with Crippen LogP contribution < -0.4 is 11.1 Å². The second-order valence-electron chi connectivity index (χ2n) is 5.71. The van der Waals surface area contributed by atoms with Crippen molar-refractivity contribution in [1.82, 2.24) is 10.3 Å². The molecule has 126 valence electrons. The molecule has 1 aliphatic heterocycles. The molecule has 6 nitrogen and oxygen atoms in total. The molecule has 1 aliphatic rings. The van der Waals surface area contributed by atoms with Crippen molar-refractivity contribution in [1.29, 1.82) is 5.26 Å². The Balaban J connectivity index is 0.00000208. The van der Waals surface area contributed by atoms with Crippen LogP contribution in [0.4, 0.5) is 5.82 Å². The van der Waals surface area contributed by atoms with E-state index in [4.69, 9.17) is 5.73 Å². The number of halogens is 1. The van der Waals surface area contributed by atoms with Gasteiger partial charge in [-0.25, -0.2) is 4.98 Å². The van der Waals surface area contributed by atoms with Crippen LogP contribution in [-0.4, -0.2) is 28.3 Å². The van der Waals surface area contributed by atoms with Gasteiger partial charge in [0.25, 0.3) is 0 Å². The zero-order chi connectivity index (χ0) is 16.4. The third kappa shape index (κ3) is 3.37. The minimum Gasteiger partial charge on any atom is -0.508 e. The number of aromatic hydroxyl groups is 2. The molecule has 0 aliphatic carbocycles. The van der Waals surface area contributed by atoms with Crippen molar-refractivity contribution in [2.75, 3.05) is 18.8 Å². The van der Waals surface area contributed by atoms with Gasteiger partial charge >= 0.3 is 0 Å². The number of aromatic nitrogens is 1. The first-order chi connectivity index (χ1) is 11.1. The number of phenolic OH excluding ortho intramolecular Hbond substituents is 2. The number of phenols is 2. The lowest BCUT2D eigenvalue weighted by Gasteiger charge is -2.24. The standard InChI is InChI=1S/C17H18N4O2.ClH/c18-8-14-13(10-2-1-5-20-9-10)7-15(21-17(14)19)12-4-3-11(22)6-16(12)23;/h3-4,6-7,10,20,22-23H,1-2,5,9H2,(H2,19,21);1H. The average molecular weight is 347 g/mol. The zero-order valence-corrected chi connectivity index (χ0v) is 13.8. The van der Waals surface area contributed by atoms with Gasteiger partial charge in [-0.1, -0.05) is 0 Å². The predicted octanol–water partition coefficient (Wildman–Crippen LogP) is 2.50. The maximum Gasteiger partial charge on any atom is 0.142 e. The van der Waals surface area contributed by atoms with Gasteiger partial charge in [-0.15, -0.1) is 12.4 Å². The molecule has 0 bridgehead atoms. The fraction of sp³-hybridized carbons (Fsp3) is 0.294. The molecular weight excluding hydrogens is 328 g/mol. The number of nitrogen functional groups attached to an aromatic ring is 1. The number of nitrogens with zero attached hydrogens (tertiary/aromatic N) is 2. The fourth-order valence-corrected chi connectivity index (χ4v) is 3.02. The van der Waals surface area contributed by atoms with E-state index in [1.807, 2.05) is 6.07 Å². The highest BCUT2D eigenvalue weighted by Crippen LogP contribution is 2.36. The molecule has 0 spiro atoms. The highest BCUT2D eigenvalue weighted by atomic mass is 35.5. The van der Waals surface area contributed by atoms with Crippen molar-refractivity contribution in [3.63, 3.8) is 0 Å². The highest BCUT2D eigenvalue weighted by Gasteiger charge is 2.22. The third-order valence-corrected chi connectivity index (χ3v) is 4.18. The second-order valence-corrected chi connectivity index (χ2v) is 5.71. The summed E-state index contributed by atoms with van der Waals surface area (Å²) in [6.07, 6.45) is 2.02. The number of anilines is 1. The van der Waals surface area contributed by atoms with E-state index in [-0.39, 0.29) is 35.6 Å². The van der Waals surface area contributed by atoms with Gasteiger partial charge in [0.1, 0.15) is 23.4 Å². The van der Waals surface area contributed by atoms with Crippen molar-refractivity contribution < 1.29 is 10.2 Å². The minimum atomic E-state index is -0.0747. The lowest BCUT2D eigenvalue weighted by Crippen LogP contribution is -2.29. The molecule has 1 fully saturated rings. The lowest BCUT2D eigenvalue weighted by molar-refractivity contribution is 0.451. The van der Waals surface area contributed by atoms with Crippen LogP contribution in [0, 0.1) is 11.3 Å². The van der Waals surface area contributed by atoms with Gasteiger partial charge in [-0.2, -0.15) is 5.26 Å². The predicted molar refractivity (Wildman–Crippen MR) is 94.2 cm³/mol. The summed E-state index contributed by atoms with van der Waals surface area (Å²) < 4.78 is 0. The number of nitriles is 1. The number of hydrogen-bond acceptors (Lipinski definition) is 6. The molecule has 3 rings (SSSR count). The number of hydrogen-bond donors (Lipinski definition) is 4. The maximum atomic E-state index is 10.0. The van der Waals surface area contributed by atoms with Gasteiger partial charge in [0.05, 0.1) is 11.3 Å². The van der Waals surface area contributed by atoms with Crippen molar-refractivity contribution in [2.24, 2.45) is 0 Å². The Hall–Kier alpha value is -2.49. The first-order valence-electron chi connectivity index (χ1n) is 7.53. The molecule has 7 heteroatoms. The van der Waals surface area contributed by atoms with E-state index in [1.165, 1.54) is 12.1 Å². The second kappa shape index (κ2) is 7.39. The minimum absolute atomic E-state index is 0. The number of nitrogens with one attached hydrogen (secondary N) is 1. The van der Waals surface area contributed by atoms with E-state index in [9.17, 15) is 15.5 Å². The number of nitrogens with two attached hydrogens (primary N) is 1. The van der Waals surface area contributed by atoms with Gasteiger partial charge in [0.15, 0.2) is 0 Å². The Kier molecular flexibility index (Phi) is 5.50. The zero-order valence-electron chi connectivity index (χ0n) is 13.0. The molecule has 1 saturated heterocycles. The molecular formula is C17H19ClN4O2. The van der Waals surface area contributed by atoms with E-state index >= 15 is 0 Å². The SMILES string of the molecule is Cl.N#Cc1c(C2CCCNC2)cc(-c2ccc(O)cc2O)nc1N. The molecule has 2 heterocycles. The van der Waals surface area contributed by atoms with E-state index < -0.39 is 0 Å². The fourth-order valence-electron chi connectivity index (χ4n) is 3.02. The third-order valence-electron chi connectivity index (χ3n) is 4.18. The molecule has 1 unspecified atom stereocenters. The first kappa shape index (κ1) is 17.9. The van der Waals surface area contributed by atoms with Crippen molar-refractivity contribution >= 4 is 18.2 Å². The van der Waals surface area contributed by atoms with Gasteiger partial charge in [-0.3, -0.25) is 0 Å². The van der Waals surface area contributed by atoms with Crippen LogP contribution in [-0.2, 0) is 0 Å². The summed E-state index contributed by atoms with van der Waals surface area (Å²) >= 11 is 0. The van der Waals surface area contributed by atoms with Crippen LogP contribution >= 0.6 is 12.4 Å². The monoisotopic (exact) mass is 346 g/mol. The van der Waals surface area contributed by atoms with Crippen LogP contribution in [0.25, 0.3) is 11.3 Å². The maximum absolute atomic E-state index is 10.0. The molecule has 0 saturated carbocycles. The van der Waals surface area contributed by atoms with E-state index in [1.54, 1.807) is 6.07 Å². The smallest absolute Gasteiger partial charge is 0.142 e. The molecule has 2 aromatic rings. The molecule has 0 amide bonds. The van der Waals surface area contributed by atoms with Gasteiger partial charge in [0, 0.05) is 18.2 Å². The normalized spacial score (nSPS) is 16.9. The number of rotatable bonds is 2. The number of piperidine rings is 1.